The molecular formula is C14H18N4O2. The summed E-state index contributed by atoms with van der Waals surface area (Å²) in [4.78, 5) is 11.9. The van der Waals surface area contributed by atoms with E-state index in [1.165, 1.54) is 0 Å². The molecule has 2 aromatic rings. The number of benzene rings is 1. The minimum atomic E-state index is -0.565. The Hall–Kier alpha value is -2.34. The molecule has 0 bridgehead atoms. The highest BCUT2D eigenvalue weighted by atomic mass is 16.3. The van der Waals surface area contributed by atoms with Crippen molar-refractivity contribution in [2.24, 2.45) is 0 Å². The molecule has 2 atom stereocenters. The summed E-state index contributed by atoms with van der Waals surface area (Å²) in [5.41, 5.74) is 2.30. The number of carbonyl (C=O) groups is 1. The van der Waals surface area contributed by atoms with Crippen LogP contribution in [0.15, 0.2) is 36.7 Å². The first-order chi connectivity index (χ1) is 9.56. The Kier molecular flexibility index (Phi) is 4.37. The number of urea groups is 1. The average molecular weight is 274 g/mol. The van der Waals surface area contributed by atoms with Crippen LogP contribution in [0, 0.1) is 0 Å². The van der Waals surface area contributed by atoms with Crippen LogP contribution < -0.4 is 10.6 Å². The van der Waals surface area contributed by atoms with Gasteiger partial charge in [-0.3, -0.25) is 5.10 Å². The van der Waals surface area contributed by atoms with Gasteiger partial charge in [-0.1, -0.05) is 12.1 Å². The van der Waals surface area contributed by atoms with Gasteiger partial charge in [0.15, 0.2) is 0 Å². The summed E-state index contributed by atoms with van der Waals surface area (Å²) in [6.07, 6.45) is 2.84. The van der Waals surface area contributed by atoms with Crippen LogP contribution in [0.2, 0.25) is 0 Å². The molecule has 2 unspecified atom stereocenters. The average Bonchev–Trinajstić information content (AvgIpc) is 2.92. The number of aliphatic hydroxyl groups is 1. The Morgan fingerprint density at radius 2 is 2.15 bits per heavy atom. The maximum absolute atomic E-state index is 11.9. The fraction of sp³-hybridized carbons (Fsp3) is 0.286. The number of aliphatic hydroxyl groups excluding tert-OH is 1. The predicted octanol–water partition coefficient (Wildman–Crippen LogP) is 2.35. The molecule has 0 saturated carbocycles. The number of nitrogens with one attached hydrogen (secondary N) is 3. The van der Waals surface area contributed by atoms with Crippen molar-refractivity contribution in [1.29, 1.82) is 0 Å². The first-order valence-corrected chi connectivity index (χ1v) is 6.40. The molecule has 0 radical (unpaired) electrons. The van der Waals surface area contributed by atoms with Crippen LogP contribution in [-0.2, 0) is 0 Å². The van der Waals surface area contributed by atoms with Gasteiger partial charge in [-0.25, -0.2) is 4.79 Å². The Bertz CT molecular complexity index is 566. The van der Waals surface area contributed by atoms with Gasteiger partial charge in [0, 0.05) is 17.4 Å². The summed E-state index contributed by atoms with van der Waals surface area (Å²) in [6, 6.07) is 6.66. The summed E-state index contributed by atoms with van der Waals surface area (Å²) in [5.74, 6) is 0. The van der Waals surface area contributed by atoms with Gasteiger partial charge in [-0.2, -0.15) is 5.10 Å². The zero-order valence-corrected chi connectivity index (χ0v) is 11.4. The van der Waals surface area contributed by atoms with Crippen LogP contribution >= 0.6 is 0 Å². The second kappa shape index (κ2) is 6.21. The van der Waals surface area contributed by atoms with Gasteiger partial charge in [0.05, 0.1) is 18.3 Å². The van der Waals surface area contributed by atoms with Crippen molar-refractivity contribution in [2.45, 2.75) is 26.0 Å². The topological polar surface area (TPSA) is 90.0 Å². The maximum atomic E-state index is 11.9. The Morgan fingerprint density at radius 1 is 1.35 bits per heavy atom. The van der Waals surface area contributed by atoms with Crippen molar-refractivity contribution < 1.29 is 9.90 Å². The number of aromatic amines is 1. The van der Waals surface area contributed by atoms with Crippen LogP contribution in [0.4, 0.5) is 10.5 Å². The van der Waals surface area contributed by atoms with Crippen molar-refractivity contribution in [3.05, 3.63) is 47.8 Å². The molecule has 1 aromatic carbocycles. The molecule has 0 aliphatic rings. The Morgan fingerprint density at radius 3 is 2.80 bits per heavy atom. The summed E-state index contributed by atoms with van der Waals surface area (Å²) in [5, 5.41) is 21.6. The summed E-state index contributed by atoms with van der Waals surface area (Å²) < 4.78 is 0. The molecule has 4 N–H and O–H groups in total. The van der Waals surface area contributed by atoms with Crippen LogP contribution in [0.25, 0.3) is 0 Å². The van der Waals surface area contributed by atoms with Crippen molar-refractivity contribution in [1.82, 2.24) is 15.5 Å². The molecular weight excluding hydrogens is 256 g/mol. The third-order valence-electron chi connectivity index (χ3n) is 2.99. The van der Waals surface area contributed by atoms with E-state index in [9.17, 15) is 9.90 Å². The fourth-order valence-electron chi connectivity index (χ4n) is 1.82. The lowest BCUT2D eigenvalue weighted by molar-refractivity contribution is 0.199. The Balaban J connectivity index is 1.96. The molecule has 2 amide bonds. The molecule has 106 valence electrons. The fourth-order valence-corrected chi connectivity index (χ4v) is 1.82. The number of H-pyrrole nitrogens is 1. The standard InChI is InChI=1S/C14H18N4O2/c1-9(12-7-15-16-8-12)17-14(20)18-13-5-3-4-11(6-13)10(2)19/h3-10,19H,1-2H3,(H,15,16)(H2,17,18,20). The molecule has 0 aliphatic heterocycles. The quantitative estimate of drug-likeness (QED) is 0.690. The molecule has 1 aromatic heterocycles. The first kappa shape index (κ1) is 14.1. The summed E-state index contributed by atoms with van der Waals surface area (Å²) in [6.45, 7) is 3.55. The molecule has 1 heterocycles. The van der Waals surface area contributed by atoms with Crippen molar-refractivity contribution in [3.63, 3.8) is 0 Å². The monoisotopic (exact) mass is 274 g/mol. The van der Waals surface area contributed by atoms with Gasteiger partial charge in [-0.15, -0.1) is 0 Å². The van der Waals surface area contributed by atoms with Crippen LogP contribution in [-0.4, -0.2) is 21.3 Å². The number of aromatic nitrogens is 2. The molecule has 2 rings (SSSR count). The van der Waals surface area contributed by atoms with E-state index >= 15 is 0 Å². The van der Waals surface area contributed by atoms with E-state index in [0.29, 0.717) is 5.69 Å². The van der Waals surface area contributed by atoms with E-state index in [4.69, 9.17) is 0 Å². The largest absolute Gasteiger partial charge is 0.389 e. The van der Waals surface area contributed by atoms with E-state index in [0.717, 1.165) is 11.1 Å². The number of rotatable bonds is 4. The molecule has 0 fully saturated rings. The molecule has 0 aliphatic carbocycles. The van der Waals surface area contributed by atoms with Gasteiger partial charge in [0.25, 0.3) is 0 Å². The molecule has 0 saturated heterocycles. The zero-order chi connectivity index (χ0) is 14.5. The van der Waals surface area contributed by atoms with E-state index in [2.05, 4.69) is 20.8 Å². The smallest absolute Gasteiger partial charge is 0.319 e. The lowest BCUT2D eigenvalue weighted by atomic mass is 10.1. The number of hydrogen-bond acceptors (Lipinski definition) is 3. The third kappa shape index (κ3) is 3.58. The summed E-state index contributed by atoms with van der Waals surface area (Å²) >= 11 is 0. The first-order valence-electron chi connectivity index (χ1n) is 6.40. The third-order valence-corrected chi connectivity index (χ3v) is 2.99. The van der Waals surface area contributed by atoms with Crippen LogP contribution in [0.5, 0.6) is 0 Å². The number of nitrogens with zero attached hydrogens (tertiary/aromatic N) is 1. The number of carbonyl (C=O) groups excluding carboxylic acids is 1. The maximum Gasteiger partial charge on any atom is 0.319 e. The van der Waals surface area contributed by atoms with E-state index in [-0.39, 0.29) is 12.1 Å². The summed E-state index contributed by atoms with van der Waals surface area (Å²) in [7, 11) is 0. The second-order valence-electron chi connectivity index (χ2n) is 4.65. The van der Waals surface area contributed by atoms with E-state index < -0.39 is 6.10 Å². The van der Waals surface area contributed by atoms with Gasteiger partial charge in [0.2, 0.25) is 0 Å². The predicted molar refractivity (Wildman–Crippen MR) is 76.2 cm³/mol. The molecule has 0 spiro atoms. The van der Waals surface area contributed by atoms with Crippen molar-refractivity contribution >= 4 is 11.7 Å². The normalized spacial score (nSPS) is 13.6. The molecule has 6 nitrogen and oxygen atoms in total. The number of amides is 2. The highest BCUT2D eigenvalue weighted by molar-refractivity contribution is 5.89. The van der Waals surface area contributed by atoms with Gasteiger partial charge < -0.3 is 15.7 Å². The highest BCUT2D eigenvalue weighted by Crippen LogP contribution is 2.17. The van der Waals surface area contributed by atoms with Crippen LogP contribution in [0.1, 0.15) is 37.1 Å². The van der Waals surface area contributed by atoms with Gasteiger partial charge in [0.1, 0.15) is 0 Å². The second-order valence-corrected chi connectivity index (χ2v) is 4.65. The highest BCUT2D eigenvalue weighted by Gasteiger charge is 2.10. The zero-order valence-electron chi connectivity index (χ0n) is 11.4. The minimum Gasteiger partial charge on any atom is -0.389 e. The van der Waals surface area contributed by atoms with E-state index in [1.807, 2.05) is 13.0 Å². The van der Waals surface area contributed by atoms with Crippen molar-refractivity contribution in [3.8, 4) is 0 Å². The van der Waals surface area contributed by atoms with Crippen molar-refractivity contribution in [2.75, 3.05) is 5.32 Å². The molecule has 6 heteroatoms. The lowest BCUT2D eigenvalue weighted by Crippen LogP contribution is -2.31. The van der Waals surface area contributed by atoms with E-state index in [1.54, 1.807) is 37.5 Å². The Labute approximate surface area is 117 Å². The van der Waals surface area contributed by atoms with Crippen LogP contribution in [0.3, 0.4) is 0 Å². The minimum absolute atomic E-state index is 0.145. The lowest BCUT2D eigenvalue weighted by Gasteiger charge is -2.14. The SMILES string of the molecule is CC(O)c1cccc(NC(=O)NC(C)c2cn[nH]c2)c1. The van der Waals surface area contributed by atoms with Gasteiger partial charge in [-0.05, 0) is 31.5 Å². The number of anilines is 1. The van der Waals surface area contributed by atoms with Gasteiger partial charge >= 0.3 is 6.03 Å². The number of hydrogen-bond donors (Lipinski definition) is 4. The molecule has 20 heavy (non-hydrogen) atoms.